The van der Waals surface area contributed by atoms with Crippen molar-refractivity contribution in [1.82, 2.24) is 4.90 Å². The summed E-state index contributed by atoms with van der Waals surface area (Å²) in [4.78, 5) is 2.55. The minimum Gasteiger partial charge on any atom is -0.393 e. The molecule has 2 aliphatic rings. The molecule has 88 valence electrons. The van der Waals surface area contributed by atoms with Gasteiger partial charge in [-0.1, -0.05) is 19.3 Å². The number of nitrogens with zero attached hydrogens (tertiary/aromatic N) is 1. The number of hydrogen-bond acceptors (Lipinski definition) is 3. The van der Waals surface area contributed by atoms with Crippen LogP contribution in [0, 0.1) is 5.92 Å². The number of hydrogen-bond donors (Lipinski definition) is 1. The van der Waals surface area contributed by atoms with Crippen molar-refractivity contribution < 1.29 is 5.11 Å². The van der Waals surface area contributed by atoms with E-state index >= 15 is 0 Å². The average molecular weight is 229 g/mol. The van der Waals surface area contributed by atoms with Crippen LogP contribution in [0.4, 0.5) is 0 Å². The Morgan fingerprint density at radius 3 is 2.60 bits per heavy atom. The van der Waals surface area contributed by atoms with Gasteiger partial charge in [0.05, 0.1) is 6.10 Å². The van der Waals surface area contributed by atoms with Gasteiger partial charge in [-0.05, 0) is 18.8 Å². The van der Waals surface area contributed by atoms with Crippen LogP contribution >= 0.6 is 11.8 Å². The molecule has 0 aromatic carbocycles. The Balaban J connectivity index is 1.79. The van der Waals surface area contributed by atoms with Gasteiger partial charge in [-0.15, -0.1) is 0 Å². The molecule has 1 N–H and O–H groups in total. The fourth-order valence-electron chi connectivity index (χ4n) is 2.69. The van der Waals surface area contributed by atoms with Crippen LogP contribution in [-0.2, 0) is 0 Å². The van der Waals surface area contributed by atoms with Crippen molar-refractivity contribution in [2.24, 2.45) is 5.92 Å². The van der Waals surface area contributed by atoms with Gasteiger partial charge in [0.25, 0.3) is 0 Å². The van der Waals surface area contributed by atoms with Crippen LogP contribution in [0.2, 0.25) is 0 Å². The van der Waals surface area contributed by atoms with Gasteiger partial charge in [0.15, 0.2) is 0 Å². The van der Waals surface area contributed by atoms with Crippen LogP contribution < -0.4 is 0 Å². The maximum Gasteiger partial charge on any atom is 0.0580 e. The van der Waals surface area contributed by atoms with Crippen molar-refractivity contribution in [2.45, 2.75) is 38.2 Å². The quantitative estimate of drug-likeness (QED) is 0.732. The molecule has 2 nitrogen and oxygen atoms in total. The van der Waals surface area contributed by atoms with Crippen LogP contribution in [0.25, 0.3) is 0 Å². The highest BCUT2D eigenvalue weighted by Crippen LogP contribution is 2.25. The molecule has 0 spiro atoms. The molecule has 2 fully saturated rings. The number of rotatable bonds is 2. The van der Waals surface area contributed by atoms with Crippen molar-refractivity contribution in [3.63, 3.8) is 0 Å². The van der Waals surface area contributed by atoms with Gasteiger partial charge in [0.2, 0.25) is 0 Å². The molecule has 15 heavy (non-hydrogen) atoms. The Kier molecular flexibility index (Phi) is 4.79. The number of thioether (sulfide) groups is 1. The van der Waals surface area contributed by atoms with Gasteiger partial charge >= 0.3 is 0 Å². The monoisotopic (exact) mass is 229 g/mol. The van der Waals surface area contributed by atoms with Crippen LogP contribution in [0.15, 0.2) is 0 Å². The second kappa shape index (κ2) is 6.12. The lowest BCUT2D eigenvalue weighted by molar-refractivity contribution is 0.0759. The van der Waals surface area contributed by atoms with Crippen LogP contribution in [0.5, 0.6) is 0 Å². The minimum absolute atomic E-state index is 0.0259. The first kappa shape index (κ1) is 11.7. The third-order valence-electron chi connectivity index (χ3n) is 3.72. The van der Waals surface area contributed by atoms with Gasteiger partial charge in [-0.2, -0.15) is 11.8 Å². The van der Waals surface area contributed by atoms with Crippen LogP contribution in [0.3, 0.4) is 0 Å². The average Bonchev–Trinajstić information content (AvgIpc) is 2.46. The normalized spacial score (nSPS) is 35.0. The molecule has 1 aliphatic carbocycles. The van der Waals surface area contributed by atoms with Crippen molar-refractivity contribution in [1.29, 1.82) is 0 Å². The molecule has 1 heterocycles. The third-order valence-corrected chi connectivity index (χ3v) is 4.66. The molecule has 0 aromatic heterocycles. The molecule has 0 radical (unpaired) electrons. The number of aliphatic hydroxyl groups is 1. The lowest BCUT2D eigenvalue weighted by Crippen LogP contribution is -2.39. The summed E-state index contributed by atoms with van der Waals surface area (Å²) < 4.78 is 0. The van der Waals surface area contributed by atoms with E-state index in [0.717, 1.165) is 13.0 Å². The maximum atomic E-state index is 10.0. The summed E-state index contributed by atoms with van der Waals surface area (Å²) in [5, 5.41) is 10.0. The zero-order valence-corrected chi connectivity index (χ0v) is 10.3. The van der Waals surface area contributed by atoms with Gasteiger partial charge in [0, 0.05) is 31.1 Å². The first-order valence-corrected chi connectivity index (χ1v) is 7.50. The van der Waals surface area contributed by atoms with Gasteiger partial charge in [-0.25, -0.2) is 0 Å². The molecule has 0 amide bonds. The first-order valence-electron chi connectivity index (χ1n) is 6.34. The highest BCUT2D eigenvalue weighted by Gasteiger charge is 2.24. The molecule has 1 aliphatic heterocycles. The predicted molar refractivity (Wildman–Crippen MR) is 66.3 cm³/mol. The zero-order chi connectivity index (χ0) is 10.5. The van der Waals surface area contributed by atoms with Crippen LogP contribution in [0.1, 0.15) is 32.1 Å². The molecule has 3 heteroatoms. The molecule has 1 saturated heterocycles. The Labute approximate surface area is 97.4 Å². The highest BCUT2D eigenvalue weighted by molar-refractivity contribution is 7.99. The summed E-state index contributed by atoms with van der Waals surface area (Å²) in [5.41, 5.74) is 0. The fraction of sp³-hybridized carbons (Fsp3) is 1.00. The van der Waals surface area contributed by atoms with Gasteiger partial charge in [0.1, 0.15) is 0 Å². The smallest absolute Gasteiger partial charge is 0.0580 e. The fourth-order valence-corrected chi connectivity index (χ4v) is 3.67. The van der Waals surface area contributed by atoms with E-state index in [1.165, 1.54) is 50.3 Å². The van der Waals surface area contributed by atoms with E-state index in [0.29, 0.717) is 5.92 Å². The summed E-state index contributed by atoms with van der Waals surface area (Å²) in [6.45, 7) is 3.60. The second-order valence-electron chi connectivity index (χ2n) is 4.88. The standard InChI is InChI=1S/C12H23NOS/c14-12-5-3-1-2-4-11(12)10-13-6-8-15-9-7-13/h11-12,14H,1-10H2. The Morgan fingerprint density at radius 2 is 1.80 bits per heavy atom. The molecule has 0 aromatic rings. The van der Waals surface area contributed by atoms with Crippen molar-refractivity contribution in [3.8, 4) is 0 Å². The van der Waals surface area contributed by atoms with E-state index in [4.69, 9.17) is 0 Å². The Hall–Kier alpha value is 0.270. The van der Waals surface area contributed by atoms with E-state index in [2.05, 4.69) is 16.7 Å². The molecule has 0 bridgehead atoms. The predicted octanol–water partition coefficient (Wildman–Crippen LogP) is 1.98. The Morgan fingerprint density at radius 1 is 1.07 bits per heavy atom. The molecule has 2 atom stereocenters. The molecule has 1 saturated carbocycles. The van der Waals surface area contributed by atoms with Crippen LogP contribution in [-0.4, -0.2) is 47.3 Å². The maximum absolute atomic E-state index is 10.0. The lowest BCUT2D eigenvalue weighted by atomic mass is 9.96. The molecular weight excluding hydrogens is 206 g/mol. The zero-order valence-electron chi connectivity index (χ0n) is 9.53. The molecular formula is C12H23NOS. The van der Waals surface area contributed by atoms with Crippen molar-refractivity contribution in [3.05, 3.63) is 0 Å². The van der Waals surface area contributed by atoms with E-state index in [-0.39, 0.29) is 6.10 Å². The Bertz CT molecular complexity index is 182. The van der Waals surface area contributed by atoms with Gasteiger partial charge < -0.3 is 10.0 Å². The first-order chi connectivity index (χ1) is 7.36. The third kappa shape index (κ3) is 3.65. The topological polar surface area (TPSA) is 23.5 Å². The summed E-state index contributed by atoms with van der Waals surface area (Å²) in [7, 11) is 0. The van der Waals surface area contributed by atoms with E-state index in [9.17, 15) is 5.11 Å². The highest BCUT2D eigenvalue weighted by atomic mass is 32.2. The lowest BCUT2D eigenvalue weighted by Gasteiger charge is -2.31. The summed E-state index contributed by atoms with van der Waals surface area (Å²) >= 11 is 2.06. The minimum atomic E-state index is -0.0259. The summed E-state index contributed by atoms with van der Waals surface area (Å²) in [6.07, 6.45) is 6.13. The van der Waals surface area contributed by atoms with E-state index in [1.54, 1.807) is 0 Å². The molecule has 2 unspecified atom stereocenters. The summed E-state index contributed by atoms with van der Waals surface area (Å²) in [5.74, 6) is 3.11. The largest absolute Gasteiger partial charge is 0.393 e. The van der Waals surface area contributed by atoms with E-state index < -0.39 is 0 Å². The van der Waals surface area contributed by atoms with E-state index in [1.807, 2.05) is 0 Å². The van der Waals surface area contributed by atoms with Crippen molar-refractivity contribution >= 4 is 11.8 Å². The van der Waals surface area contributed by atoms with Crippen molar-refractivity contribution in [2.75, 3.05) is 31.1 Å². The summed E-state index contributed by atoms with van der Waals surface area (Å²) in [6, 6.07) is 0. The number of aliphatic hydroxyl groups excluding tert-OH is 1. The second-order valence-corrected chi connectivity index (χ2v) is 6.10. The van der Waals surface area contributed by atoms with Gasteiger partial charge in [-0.3, -0.25) is 0 Å². The SMILES string of the molecule is OC1CCCCCC1CN1CCSCC1. The molecule has 2 rings (SSSR count).